The molecular formula is C17H25N3O2. The summed E-state index contributed by atoms with van der Waals surface area (Å²) in [7, 11) is 0. The first kappa shape index (κ1) is 16.3. The lowest BCUT2D eigenvalue weighted by Gasteiger charge is -2.26. The molecule has 0 bridgehead atoms. The van der Waals surface area contributed by atoms with Gasteiger partial charge in [-0.15, -0.1) is 0 Å². The molecule has 1 heterocycles. The topological polar surface area (TPSA) is 79.4 Å². The molecule has 1 aliphatic rings. The number of aryl methyl sites for hydroxylation is 1. The summed E-state index contributed by atoms with van der Waals surface area (Å²) in [4.78, 5) is 14.0. The van der Waals surface area contributed by atoms with Crippen molar-refractivity contribution < 1.29 is 9.53 Å². The second kappa shape index (κ2) is 5.99. The van der Waals surface area contributed by atoms with Gasteiger partial charge in [0.15, 0.2) is 0 Å². The van der Waals surface area contributed by atoms with Crippen molar-refractivity contribution in [3.05, 3.63) is 34.4 Å². The second-order valence-corrected chi connectivity index (χ2v) is 6.82. The van der Waals surface area contributed by atoms with E-state index in [4.69, 9.17) is 15.9 Å². The number of amides is 1. The minimum atomic E-state index is -0.478. The molecule has 5 heteroatoms. The van der Waals surface area contributed by atoms with Gasteiger partial charge in [0.05, 0.1) is 0 Å². The predicted octanol–water partition coefficient (Wildman–Crippen LogP) is 2.61. The zero-order chi connectivity index (χ0) is 16.5. The van der Waals surface area contributed by atoms with Crippen LogP contribution in [0, 0.1) is 12.3 Å². The number of nitrogens with two attached hydrogens (primary N) is 1. The van der Waals surface area contributed by atoms with Gasteiger partial charge in [-0.2, -0.15) is 0 Å². The fourth-order valence-electron chi connectivity index (χ4n) is 2.70. The number of ether oxygens (including phenoxy) is 1. The van der Waals surface area contributed by atoms with E-state index in [1.807, 2.05) is 33.8 Å². The lowest BCUT2D eigenvalue weighted by molar-refractivity contribution is 0.0258. The highest BCUT2D eigenvalue weighted by molar-refractivity contribution is 5.96. The number of carbonyl (C=O) groups excluding carboxylic acids is 1. The molecule has 0 aliphatic carbocycles. The molecule has 0 unspecified atom stereocenters. The molecule has 5 nitrogen and oxygen atoms in total. The molecule has 3 N–H and O–H groups in total. The predicted molar refractivity (Wildman–Crippen MR) is 87.4 cm³/mol. The summed E-state index contributed by atoms with van der Waals surface area (Å²) in [5.74, 6) is 0.0912. The smallest absolute Gasteiger partial charge is 0.410 e. The van der Waals surface area contributed by atoms with Crippen LogP contribution in [0.25, 0.3) is 0 Å². The first-order valence-electron chi connectivity index (χ1n) is 7.62. The first-order valence-corrected chi connectivity index (χ1v) is 7.62. The third-order valence-corrected chi connectivity index (χ3v) is 3.79. The summed E-state index contributed by atoms with van der Waals surface area (Å²) in [5.41, 5.74) is 9.34. The number of benzene rings is 1. The number of nitrogens with zero attached hydrogens (tertiary/aromatic N) is 1. The van der Waals surface area contributed by atoms with Gasteiger partial charge >= 0.3 is 6.09 Å². The molecule has 0 atom stereocenters. The van der Waals surface area contributed by atoms with Crippen LogP contribution in [0.3, 0.4) is 0 Å². The summed E-state index contributed by atoms with van der Waals surface area (Å²) in [6, 6.07) is 4.08. The molecule has 0 radical (unpaired) electrons. The molecule has 1 amide bonds. The highest BCUT2D eigenvalue weighted by atomic mass is 16.6. The fourth-order valence-corrected chi connectivity index (χ4v) is 2.70. The lowest BCUT2D eigenvalue weighted by atomic mass is 9.96. The highest BCUT2D eigenvalue weighted by Crippen LogP contribution is 2.22. The molecular weight excluding hydrogens is 278 g/mol. The number of nitrogen functional groups attached to an aromatic ring is 1. The Kier molecular flexibility index (Phi) is 4.44. The summed E-state index contributed by atoms with van der Waals surface area (Å²) in [6.07, 6.45) is 1.30. The summed E-state index contributed by atoms with van der Waals surface area (Å²) >= 11 is 0. The second-order valence-electron chi connectivity index (χ2n) is 6.82. The van der Waals surface area contributed by atoms with Crippen molar-refractivity contribution in [2.45, 2.75) is 46.1 Å². The Balaban J connectivity index is 2.16. The van der Waals surface area contributed by atoms with Gasteiger partial charge in [0.2, 0.25) is 0 Å². The standard InChI is InChI=1S/C17H25N3O2/c1-11-9-12-5-7-20(16(21)22-17(2,3)4)8-6-13(12)10-14(11)15(18)19/h9-10H,5-8H2,1-4H3,(H3,18,19). The van der Waals surface area contributed by atoms with Crippen LogP contribution < -0.4 is 5.73 Å². The summed E-state index contributed by atoms with van der Waals surface area (Å²) < 4.78 is 5.45. The lowest BCUT2D eigenvalue weighted by Crippen LogP contribution is -2.38. The van der Waals surface area contributed by atoms with E-state index < -0.39 is 5.60 Å². The van der Waals surface area contributed by atoms with Crippen molar-refractivity contribution >= 4 is 11.9 Å². The average molecular weight is 303 g/mol. The van der Waals surface area contributed by atoms with Crippen molar-refractivity contribution in [1.82, 2.24) is 4.90 Å². The van der Waals surface area contributed by atoms with Crippen LogP contribution in [-0.4, -0.2) is 35.5 Å². The summed E-state index contributed by atoms with van der Waals surface area (Å²) in [6.45, 7) is 8.87. The summed E-state index contributed by atoms with van der Waals surface area (Å²) in [5, 5.41) is 7.65. The van der Waals surface area contributed by atoms with Crippen LogP contribution in [0.2, 0.25) is 0 Å². The molecule has 0 saturated heterocycles. The van der Waals surface area contributed by atoms with Gasteiger partial charge in [-0.3, -0.25) is 5.41 Å². The van der Waals surface area contributed by atoms with Crippen LogP contribution in [-0.2, 0) is 17.6 Å². The minimum Gasteiger partial charge on any atom is -0.444 e. The van der Waals surface area contributed by atoms with Gasteiger partial charge in [0, 0.05) is 18.7 Å². The number of hydrogen-bond donors (Lipinski definition) is 2. The maximum Gasteiger partial charge on any atom is 0.410 e. The van der Waals surface area contributed by atoms with E-state index in [9.17, 15) is 4.79 Å². The van der Waals surface area contributed by atoms with E-state index in [0.717, 1.165) is 24.0 Å². The van der Waals surface area contributed by atoms with Crippen molar-refractivity contribution in [3.63, 3.8) is 0 Å². The molecule has 2 rings (SSSR count). The monoisotopic (exact) mass is 303 g/mol. The Morgan fingerprint density at radius 3 is 2.27 bits per heavy atom. The molecule has 0 saturated carbocycles. The third-order valence-electron chi connectivity index (χ3n) is 3.79. The van der Waals surface area contributed by atoms with Crippen molar-refractivity contribution in [1.29, 1.82) is 5.41 Å². The van der Waals surface area contributed by atoms with E-state index in [1.54, 1.807) is 4.90 Å². The van der Waals surface area contributed by atoms with Crippen molar-refractivity contribution in [2.24, 2.45) is 5.73 Å². The number of fused-ring (bicyclic) bond motifs is 1. The molecule has 0 fully saturated rings. The number of carbonyl (C=O) groups is 1. The Labute approximate surface area is 132 Å². The van der Waals surface area contributed by atoms with Crippen LogP contribution in [0.5, 0.6) is 0 Å². The minimum absolute atomic E-state index is 0.0912. The van der Waals surface area contributed by atoms with Gasteiger partial charge in [-0.1, -0.05) is 6.07 Å². The van der Waals surface area contributed by atoms with Crippen LogP contribution in [0.4, 0.5) is 4.79 Å². The Hall–Kier alpha value is -2.04. The molecule has 120 valence electrons. The normalized spacial score (nSPS) is 15.0. The largest absolute Gasteiger partial charge is 0.444 e. The van der Waals surface area contributed by atoms with Crippen molar-refractivity contribution in [2.75, 3.05) is 13.1 Å². The number of nitrogens with one attached hydrogen (secondary N) is 1. The van der Waals surface area contributed by atoms with Gasteiger partial charge in [-0.25, -0.2) is 4.79 Å². The van der Waals surface area contributed by atoms with Crippen molar-refractivity contribution in [3.8, 4) is 0 Å². The Morgan fingerprint density at radius 2 is 1.77 bits per heavy atom. The van der Waals surface area contributed by atoms with E-state index in [1.165, 1.54) is 11.1 Å². The Morgan fingerprint density at radius 1 is 1.23 bits per heavy atom. The quantitative estimate of drug-likeness (QED) is 0.618. The fraction of sp³-hybridized carbons (Fsp3) is 0.529. The molecule has 0 aromatic heterocycles. The van der Waals surface area contributed by atoms with Crippen LogP contribution in [0.15, 0.2) is 12.1 Å². The maximum absolute atomic E-state index is 12.2. The SMILES string of the molecule is Cc1cc2c(cc1C(=N)N)CCN(C(=O)OC(C)(C)C)CC2. The molecule has 1 aliphatic heterocycles. The third kappa shape index (κ3) is 3.78. The van der Waals surface area contributed by atoms with Crippen LogP contribution in [0.1, 0.15) is 43.0 Å². The average Bonchev–Trinajstić information content (AvgIpc) is 2.57. The van der Waals surface area contributed by atoms with Gasteiger partial charge < -0.3 is 15.4 Å². The number of amidine groups is 1. The number of hydrogen-bond acceptors (Lipinski definition) is 3. The molecule has 1 aromatic carbocycles. The zero-order valence-electron chi connectivity index (χ0n) is 13.8. The highest BCUT2D eigenvalue weighted by Gasteiger charge is 2.24. The van der Waals surface area contributed by atoms with E-state index in [2.05, 4.69) is 6.07 Å². The van der Waals surface area contributed by atoms with E-state index in [0.29, 0.717) is 13.1 Å². The van der Waals surface area contributed by atoms with E-state index >= 15 is 0 Å². The van der Waals surface area contributed by atoms with Gasteiger partial charge in [-0.05, 0) is 63.3 Å². The molecule has 1 aromatic rings. The number of rotatable bonds is 1. The van der Waals surface area contributed by atoms with Gasteiger partial charge in [0.1, 0.15) is 11.4 Å². The zero-order valence-corrected chi connectivity index (χ0v) is 13.8. The van der Waals surface area contributed by atoms with Gasteiger partial charge in [0.25, 0.3) is 0 Å². The molecule has 22 heavy (non-hydrogen) atoms. The maximum atomic E-state index is 12.2. The Bertz CT molecular complexity index is 603. The van der Waals surface area contributed by atoms with E-state index in [-0.39, 0.29) is 11.9 Å². The first-order chi connectivity index (χ1) is 10.2. The van der Waals surface area contributed by atoms with Crippen LogP contribution >= 0.6 is 0 Å². The molecule has 0 spiro atoms.